The Morgan fingerprint density at radius 1 is 1.82 bits per heavy atom. The topological polar surface area (TPSA) is 59.1 Å². The fourth-order valence-electron chi connectivity index (χ4n) is 0.826. The molecule has 4 nitrogen and oxygen atoms in total. The van der Waals surface area contributed by atoms with Crippen LogP contribution >= 0.6 is 0 Å². The highest BCUT2D eigenvalue weighted by Gasteiger charge is 2.46. The van der Waals surface area contributed by atoms with Crippen LogP contribution in [0.15, 0.2) is 0 Å². The monoisotopic (exact) mass is 160 g/mol. The van der Waals surface area contributed by atoms with Crippen molar-refractivity contribution in [3.8, 4) is 0 Å². The van der Waals surface area contributed by atoms with Crippen LogP contribution in [-0.2, 0) is 14.3 Å². The van der Waals surface area contributed by atoms with Crippen LogP contribution in [0.25, 0.3) is 0 Å². The van der Waals surface area contributed by atoms with Crippen molar-refractivity contribution in [3.63, 3.8) is 0 Å². The highest BCUT2D eigenvalue weighted by molar-refractivity contribution is 5.71. The average molecular weight is 160 g/mol. The molecule has 0 bridgehead atoms. The number of carbonyl (C=O) groups excluding carboxylic acids is 1. The number of epoxide rings is 1. The molecule has 0 aliphatic carbocycles. The van der Waals surface area contributed by atoms with Crippen LogP contribution in [0.4, 0.5) is 0 Å². The van der Waals surface area contributed by atoms with E-state index in [2.05, 4.69) is 4.74 Å². The van der Waals surface area contributed by atoms with Gasteiger partial charge in [0.2, 0.25) is 0 Å². The second kappa shape index (κ2) is 3.19. The van der Waals surface area contributed by atoms with Gasteiger partial charge in [-0.15, -0.1) is 0 Å². The third kappa shape index (κ3) is 2.17. The quantitative estimate of drug-likeness (QED) is 0.453. The summed E-state index contributed by atoms with van der Waals surface area (Å²) in [5.41, 5.74) is -0.605. The molecule has 0 aromatic rings. The van der Waals surface area contributed by atoms with Gasteiger partial charge >= 0.3 is 5.97 Å². The zero-order chi connectivity index (χ0) is 8.32. The molecule has 0 spiro atoms. The molecule has 1 unspecified atom stereocenters. The van der Waals surface area contributed by atoms with Crippen molar-refractivity contribution < 1.29 is 19.4 Å². The van der Waals surface area contributed by atoms with Gasteiger partial charge in [-0.1, -0.05) is 0 Å². The molecule has 1 saturated heterocycles. The van der Waals surface area contributed by atoms with Gasteiger partial charge in [-0.25, -0.2) is 0 Å². The summed E-state index contributed by atoms with van der Waals surface area (Å²) in [6.45, 7) is 2.48. The van der Waals surface area contributed by atoms with E-state index in [0.717, 1.165) is 0 Å². The molecule has 0 saturated carbocycles. The van der Waals surface area contributed by atoms with Crippen molar-refractivity contribution in [3.05, 3.63) is 0 Å². The van der Waals surface area contributed by atoms with E-state index in [9.17, 15) is 4.79 Å². The summed E-state index contributed by atoms with van der Waals surface area (Å²) in [6.07, 6.45) is 0.164. The Morgan fingerprint density at radius 3 is 2.82 bits per heavy atom. The molecule has 11 heavy (non-hydrogen) atoms. The first-order valence-electron chi connectivity index (χ1n) is 3.63. The fourth-order valence-corrected chi connectivity index (χ4v) is 0.826. The maximum Gasteiger partial charge on any atom is 0.308 e. The number of carbonyl (C=O) groups is 1. The Labute approximate surface area is 65.1 Å². The number of hydrogen-bond acceptors (Lipinski definition) is 4. The van der Waals surface area contributed by atoms with E-state index >= 15 is 0 Å². The molecule has 64 valence electrons. The van der Waals surface area contributed by atoms with Gasteiger partial charge < -0.3 is 14.6 Å². The van der Waals surface area contributed by atoms with E-state index in [1.54, 1.807) is 6.92 Å². The Balaban J connectivity index is 2.24. The minimum Gasteiger partial charge on any atom is -0.466 e. The Morgan fingerprint density at radius 2 is 2.45 bits per heavy atom. The first kappa shape index (κ1) is 8.49. The second-order valence-corrected chi connectivity index (χ2v) is 2.61. The van der Waals surface area contributed by atoms with Crippen molar-refractivity contribution in [1.29, 1.82) is 0 Å². The molecule has 1 aliphatic heterocycles. The van der Waals surface area contributed by atoms with E-state index < -0.39 is 5.60 Å². The van der Waals surface area contributed by atoms with E-state index in [0.29, 0.717) is 13.2 Å². The molecule has 0 radical (unpaired) electrons. The summed E-state index contributed by atoms with van der Waals surface area (Å²) in [7, 11) is 0. The lowest BCUT2D eigenvalue weighted by molar-refractivity contribution is -0.144. The van der Waals surface area contributed by atoms with Gasteiger partial charge in [0.15, 0.2) is 0 Å². The molecular weight excluding hydrogens is 148 g/mol. The molecule has 1 atom stereocenters. The number of aliphatic hydroxyl groups is 1. The van der Waals surface area contributed by atoms with Crippen LogP contribution in [-0.4, -0.2) is 36.5 Å². The van der Waals surface area contributed by atoms with Gasteiger partial charge in [-0.05, 0) is 6.92 Å². The molecule has 0 aromatic carbocycles. The molecule has 1 aliphatic rings. The maximum atomic E-state index is 10.8. The van der Waals surface area contributed by atoms with E-state index in [1.165, 1.54) is 0 Å². The molecule has 1 rings (SSSR count). The number of ether oxygens (including phenoxy) is 2. The zero-order valence-corrected chi connectivity index (χ0v) is 6.50. The minimum atomic E-state index is -0.605. The van der Waals surface area contributed by atoms with Crippen LogP contribution in [0.5, 0.6) is 0 Å². The van der Waals surface area contributed by atoms with Crippen molar-refractivity contribution in [2.75, 3.05) is 19.8 Å². The van der Waals surface area contributed by atoms with Crippen LogP contribution in [0.2, 0.25) is 0 Å². The van der Waals surface area contributed by atoms with Crippen LogP contribution in [0, 0.1) is 0 Å². The molecule has 1 fully saturated rings. The standard InChI is InChI=1S/C7H12O4/c1-2-10-6(9)3-7(4-8)5-11-7/h8H,2-5H2,1H3. The first-order chi connectivity index (χ1) is 5.22. The normalized spacial score (nSPS) is 28.2. The van der Waals surface area contributed by atoms with Gasteiger partial charge in [0.05, 0.1) is 26.2 Å². The minimum absolute atomic E-state index is 0.105. The second-order valence-electron chi connectivity index (χ2n) is 2.61. The number of hydrogen-bond donors (Lipinski definition) is 1. The van der Waals surface area contributed by atoms with Gasteiger partial charge in [-0.3, -0.25) is 4.79 Å². The number of esters is 1. The molecule has 0 amide bonds. The number of aliphatic hydroxyl groups excluding tert-OH is 1. The highest BCUT2D eigenvalue weighted by atomic mass is 16.6. The molecule has 1 N–H and O–H groups in total. The number of rotatable bonds is 4. The molecule has 4 heteroatoms. The predicted molar refractivity (Wildman–Crippen MR) is 37.0 cm³/mol. The van der Waals surface area contributed by atoms with Gasteiger partial charge in [0.25, 0.3) is 0 Å². The Hall–Kier alpha value is -0.610. The Kier molecular flexibility index (Phi) is 2.46. The van der Waals surface area contributed by atoms with Gasteiger partial charge in [0, 0.05) is 0 Å². The van der Waals surface area contributed by atoms with Crippen molar-refractivity contribution in [1.82, 2.24) is 0 Å². The smallest absolute Gasteiger partial charge is 0.308 e. The largest absolute Gasteiger partial charge is 0.466 e. The molecular formula is C7H12O4. The predicted octanol–water partition coefficient (Wildman–Crippen LogP) is -0.299. The van der Waals surface area contributed by atoms with Crippen LogP contribution < -0.4 is 0 Å². The first-order valence-corrected chi connectivity index (χ1v) is 3.63. The summed E-state index contributed by atoms with van der Waals surface area (Å²) < 4.78 is 9.60. The summed E-state index contributed by atoms with van der Waals surface area (Å²) in [6, 6.07) is 0. The van der Waals surface area contributed by atoms with Crippen LogP contribution in [0.1, 0.15) is 13.3 Å². The average Bonchev–Trinajstić information content (AvgIpc) is 2.70. The summed E-state index contributed by atoms with van der Waals surface area (Å²) >= 11 is 0. The van der Waals surface area contributed by atoms with Crippen LogP contribution in [0.3, 0.4) is 0 Å². The molecule has 0 aromatic heterocycles. The lowest BCUT2D eigenvalue weighted by atomic mass is 10.1. The fraction of sp³-hybridized carbons (Fsp3) is 0.857. The molecule has 1 heterocycles. The highest BCUT2D eigenvalue weighted by Crippen LogP contribution is 2.30. The summed E-state index contributed by atoms with van der Waals surface area (Å²) in [5.74, 6) is -0.306. The SMILES string of the molecule is CCOC(=O)CC1(CO)CO1. The van der Waals surface area contributed by atoms with Crippen molar-refractivity contribution in [2.45, 2.75) is 18.9 Å². The van der Waals surface area contributed by atoms with Gasteiger partial charge in [0.1, 0.15) is 5.60 Å². The van der Waals surface area contributed by atoms with Crippen molar-refractivity contribution in [2.24, 2.45) is 0 Å². The third-order valence-corrected chi connectivity index (χ3v) is 1.61. The maximum absolute atomic E-state index is 10.8. The third-order valence-electron chi connectivity index (χ3n) is 1.61. The summed E-state index contributed by atoms with van der Waals surface area (Å²) in [5, 5.41) is 8.74. The zero-order valence-electron chi connectivity index (χ0n) is 6.50. The Bertz CT molecular complexity index is 151. The van der Waals surface area contributed by atoms with E-state index in [4.69, 9.17) is 9.84 Å². The van der Waals surface area contributed by atoms with Crippen molar-refractivity contribution >= 4 is 5.97 Å². The van der Waals surface area contributed by atoms with Gasteiger partial charge in [-0.2, -0.15) is 0 Å². The summed E-state index contributed by atoms with van der Waals surface area (Å²) in [4.78, 5) is 10.8. The van der Waals surface area contributed by atoms with E-state index in [-0.39, 0.29) is 19.0 Å². The lowest BCUT2D eigenvalue weighted by Gasteiger charge is -2.06. The van der Waals surface area contributed by atoms with E-state index in [1.807, 2.05) is 0 Å². The lowest BCUT2D eigenvalue weighted by Crippen LogP contribution is -2.22.